The number of nitrogens with zero attached hydrogens (tertiary/aromatic N) is 6. The maximum Gasteiger partial charge on any atom is 0.265 e. The summed E-state index contributed by atoms with van der Waals surface area (Å²) >= 11 is 5.95. The van der Waals surface area contributed by atoms with Gasteiger partial charge in [0, 0.05) is 74.2 Å². The molecule has 3 aromatic carbocycles. The summed E-state index contributed by atoms with van der Waals surface area (Å²) in [5, 5.41) is 8.13. The van der Waals surface area contributed by atoms with Gasteiger partial charge >= 0.3 is 0 Å². The zero-order valence-electron chi connectivity index (χ0n) is 40.7. The van der Waals surface area contributed by atoms with Gasteiger partial charge in [-0.3, -0.25) is 39.1 Å². The molecule has 5 amide bonds. The summed E-state index contributed by atoms with van der Waals surface area (Å²) in [4.78, 5) is 74.6. The van der Waals surface area contributed by atoms with Crippen LogP contribution in [0, 0.1) is 23.4 Å². The highest BCUT2D eigenvalue weighted by Gasteiger charge is 2.48. The molecule has 4 aromatic rings. The minimum atomic E-state index is -3.66. The minimum Gasteiger partial charge on any atom is -0.491 e. The zero-order valence-corrected chi connectivity index (χ0v) is 33.5. The number of benzene rings is 3. The van der Waals surface area contributed by atoms with Crippen LogP contribution in [0.15, 0.2) is 55.4 Å². The van der Waals surface area contributed by atoms with Crippen molar-refractivity contribution in [1.29, 1.82) is 0 Å². The first-order valence-corrected chi connectivity index (χ1v) is 19.9. The molecule has 1 aromatic heterocycles. The predicted molar refractivity (Wildman–Crippen MR) is 224 cm³/mol. The van der Waals surface area contributed by atoms with E-state index in [1.54, 1.807) is 12.1 Å². The van der Waals surface area contributed by atoms with E-state index in [1.807, 2.05) is 5.32 Å². The average Bonchev–Trinajstić information content (AvgIpc) is 3.56. The maximum absolute atomic E-state index is 16.6. The SMILES string of the molecule is [2H]C1([2H])N(CC2CCN(CCCOc3cc4ncnc(Nc5ccc(F)c(Cl)c5)c4cc3NC(=O)C=C)CC2)C([2H])([2H])C([2H])([2H])N(c2cc(F)c3c(c2F)C(=O)N(C2CCC(=O)NC2=O)C3=O)C1([2H])[2H]. The predicted octanol–water partition coefficient (Wildman–Crippen LogP) is 5.27. The molecule has 1 atom stereocenters. The number of carbonyl (C=O) groups excluding carboxylic acids is 5. The molecular formula is C43H43ClF3N9O6. The second kappa shape index (κ2) is 18.1. The zero-order chi connectivity index (χ0) is 50.8. The lowest BCUT2D eigenvalue weighted by atomic mass is 9.95. The Hall–Kier alpha value is -6.11. The smallest absolute Gasteiger partial charge is 0.265 e. The molecule has 5 heterocycles. The summed E-state index contributed by atoms with van der Waals surface area (Å²) in [5.41, 5.74) is -2.63. The molecule has 0 radical (unpaired) electrons. The van der Waals surface area contributed by atoms with Crippen LogP contribution in [0.25, 0.3) is 10.9 Å². The van der Waals surface area contributed by atoms with Gasteiger partial charge in [-0.05, 0) is 75.0 Å². The fourth-order valence-corrected chi connectivity index (χ4v) is 7.82. The van der Waals surface area contributed by atoms with Gasteiger partial charge in [0.05, 0.1) is 45.1 Å². The number of fused-ring (bicyclic) bond motifs is 2. The highest BCUT2D eigenvalue weighted by atomic mass is 35.5. The van der Waals surface area contributed by atoms with Gasteiger partial charge in [-0.2, -0.15) is 0 Å². The van der Waals surface area contributed by atoms with E-state index in [1.165, 1.54) is 24.5 Å². The van der Waals surface area contributed by atoms with E-state index in [9.17, 15) is 28.4 Å². The first-order valence-electron chi connectivity index (χ1n) is 23.5. The Labute approximate surface area is 370 Å². The number of amides is 5. The molecule has 0 spiro atoms. The molecule has 19 heteroatoms. The number of piperidine rings is 2. The van der Waals surface area contributed by atoms with E-state index in [0.29, 0.717) is 72.0 Å². The van der Waals surface area contributed by atoms with Crippen molar-refractivity contribution in [2.75, 3.05) is 74.3 Å². The highest BCUT2D eigenvalue weighted by molar-refractivity contribution is 6.31. The van der Waals surface area contributed by atoms with Crippen LogP contribution in [-0.2, 0) is 14.4 Å². The van der Waals surface area contributed by atoms with Gasteiger partial charge in [0.15, 0.2) is 5.82 Å². The summed E-state index contributed by atoms with van der Waals surface area (Å²) in [6.07, 6.45) is 2.92. The van der Waals surface area contributed by atoms with Crippen LogP contribution in [0.3, 0.4) is 0 Å². The second-order valence-corrected chi connectivity index (χ2v) is 15.2. The van der Waals surface area contributed by atoms with Crippen LogP contribution in [0.5, 0.6) is 5.75 Å². The summed E-state index contributed by atoms with van der Waals surface area (Å²) in [5.74, 6) is -9.23. The average molecular weight is 882 g/mol. The first kappa shape index (κ1) is 33.5. The molecule has 15 nitrogen and oxygen atoms in total. The molecule has 62 heavy (non-hydrogen) atoms. The number of nitrogens with one attached hydrogen (secondary N) is 3. The monoisotopic (exact) mass is 881 g/mol. The third-order valence-corrected chi connectivity index (χ3v) is 11.1. The maximum atomic E-state index is 16.6. The van der Waals surface area contributed by atoms with Crippen LogP contribution >= 0.6 is 11.6 Å². The summed E-state index contributed by atoms with van der Waals surface area (Å²) in [6.45, 7) is -9.63. The van der Waals surface area contributed by atoms with Crippen molar-refractivity contribution in [3.8, 4) is 5.75 Å². The lowest BCUT2D eigenvalue weighted by Crippen LogP contribution is -2.54. The number of hydrogen-bond donors (Lipinski definition) is 3. The van der Waals surface area contributed by atoms with Crippen LogP contribution < -0.4 is 25.6 Å². The standard InChI is InChI=1S/C43H43ClF3N9O6/c1-2-35(57)51-31-19-26-30(48-23-49-40(26)50-25-4-5-28(45)27(44)18-25)21-34(31)62-17-3-10-53-11-8-24(9-12-53)22-54-13-15-55(16-14-54)33-20-29(46)37-38(39(33)47)43(61)56(42(37)60)32-6-7-36(58)52-41(32)59/h2,4-5,18-21,23-24,32H,1,3,6-17,22H2,(H,51,57)(H,48,49,50)(H,52,58,59)/i13D2,14D2,15D2,16D2. The number of imide groups is 2. The van der Waals surface area contributed by atoms with Crippen LogP contribution in [-0.4, -0.2) is 119 Å². The number of rotatable bonds is 13. The Kier molecular flexibility index (Phi) is 9.77. The highest BCUT2D eigenvalue weighted by Crippen LogP contribution is 2.37. The van der Waals surface area contributed by atoms with E-state index < -0.39 is 108 Å². The van der Waals surface area contributed by atoms with Gasteiger partial charge in [0.1, 0.15) is 35.6 Å². The Bertz CT molecular complexity index is 2830. The normalized spacial score (nSPS) is 24.0. The Morgan fingerprint density at radius 1 is 0.968 bits per heavy atom. The van der Waals surface area contributed by atoms with E-state index in [0.717, 1.165) is 6.08 Å². The summed E-state index contributed by atoms with van der Waals surface area (Å²) < 4.78 is 124. The van der Waals surface area contributed by atoms with E-state index in [-0.39, 0.29) is 46.0 Å². The van der Waals surface area contributed by atoms with Crippen molar-refractivity contribution in [3.05, 3.63) is 89.0 Å². The van der Waals surface area contributed by atoms with E-state index >= 15 is 8.78 Å². The molecule has 8 rings (SSSR count). The third kappa shape index (κ3) is 8.80. The van der Waals surface area contributed by atoms with E-state index in [2.05, 4.69) is 32.1 Å². The molecule has 324 valence electrons. The van der Waals surface area contributed by atoms with Crippen LogP contribution in [0.4, 0.5) is 36.1 Å². The Balaban J connectivity index is 0.924. The number of halogens is 4. The van der Waals surface area contributed by atoms with E-state index in [4.69, 9.17) is 27.3 Å². The number of hydrogen-bond acceptors (Lipinski definition) is 12. The number of aromatic nitrogens is 2. The van der Waals surface area contributed by atoms with Gasteiger partial charge in [-0.15, -0.1) is 0 Å². The van der Waals surface area contributed by atoms with Gasteiger partial charge in [0.2, 0.25) is 17.7 Å². The molecule has 4 aliphatic rings. The van der Waals surface area contributed by atoms with Crippen LogP contribution in [0.2, 0.25) is 5.02 Å². The van der Waals surface area contributed by atoms with Gasteiger partial charge in [-0.25, -0.2) is 23.1 Å². The van der Waals surface area contributed by atoms with Crippen molar-refractivity contribution >= 4 is 74.9 Å². The molecule has 1 unspecified atom stereocenters. The van der Waals surface area contributed by atoms with Crippen molar-refractivity contribution in [2.24, 2.45) is 5.92 Å². The third-order valence-electron chi connectivity index (χ3n) is 10.8. The van der Waals surface area contributed by atoms with Crippen LogP contribution in [0.1, 0.15) is 63.8 Å². The van der Waals surface area contributed by atoms with Crippen molar-refractivity contribution < 1.29 is 52.8 Å². The fourth-order valence-electron chi connectivity index (χ4n) is 7.63. The van der Waals surface area contributed by atoms with Crippen molar-refractivity contribution in [3.63, 3.8) is 0 Å². The number of carbonyl (C=O) groups is 5. The topological polar surface area (TPSA) is 169 Å². The second-order valence-electron chi connectivity index (χ2n) is 14.8. The Morgan fingerprint density at radius 3 is 2.45 bits per heavy atom. The minimum absolute atomic E-state index is 0.0979. The van der Waals surface area contributed by atoms with Gasteiger partial charge < -0.3 is 25.2 Å². The molecule has 3 saturated heterocycles. The molecular weight excluding hydrogens is 831 g/mol. The lowest BCUT2D eigenvalue weighted by molar-refractivity contribution is -0.136. The number of anilines is 4. The largest absolute Gasteiger partial charge is 0.491 e. The molecule has 3 N–H and O–H groups in total. The molecule has 4 aliphatic heterocycles. The molecule has 0 saturated carbocycles. The number of likely N-dealkylation sites (tertiary alicyclic amines) is 1. The number of ether oxygens (including phenoxy) is 1. The number of piperazine rings is 1. The van der Waals surface area contributed by atoms with Crippen molar-refractivity contribution in [2.45, 2.75) is 38.1 Å². The Morgan fingerprint density at radius 2 is 1.73 bits per heavy atom. The summed E-state index contributed by atoms with van der Waals surface area (Å²) in [6, 6.07) is 5.85. The van der Waals surface area contributed by atoms with Gasteiger partial charge in [0.25, 0.3) is 11.8 Å². The fraction of sp³-hybridized carbons (Fsp3) is 0.372. The molecule has 3 fully saturated rings. The van der Waals surface area contributed by atoms with Crippen molar-refractivity contribution in [1.82, 2.24) is 30.0 Å². The quantitative estimate of drug-likeness (QED) is 0.0905. The first-order chi connectivity index (χ1) is 32.9. The molecule has 0 bridgehead atoms. The molecule has 0 aliphatic carbocycles. The van der Waals surface area contributed by atoms with Gasteiger partial charge in [-0.1, -0.05) is 18.2 Å². The lowest BCUT2D eigenvalue weighted by Gasteiger charge is -2.39. The summed E-state index contributed by atoms with van der Waals surface area (Å²) in [7, 11) is 0.